The Labute approximate surface area is 91.8 Å². The number of carboxylic acids is 1. The van der Waals surface area contributed by atoms with Crippen molar-refractivity contribution in [1.29, 1.82) is 0 Å². The molecule has 1 unspecified atom stereocenters. The first kappa shape index (κ1) is 12.2. The van der Waals surface area contributed by atoms with Gasteiger partial charge in [-0.05, 0) is 38.3 Å². The van der Waals surface area contributed by atoms with Crippen molar-refractivity contribution in [2.75, 3.05) is 19.6 Å². The van der Waals surface area contributed by atoms with Crippen LogP contribution >= 0.6 is 0 Å². The molecule has 3 heteroatoms. The van der Waals surface area contributed by atoms with Crippen molar-refractivity contribution in [2.45, 2.75) is 32.6 Å². The second-order valence-corrected chi connectivity index (χ2v) is 4.21. The van der Waals surface area contributed by atoms with Gasteiger partial charge in [-0.25, -0.2) is 0 Å². The quantitative estimate of drug-likeness (QED) is 0.708. The van der Waals surface area contributed by atoms with Gasteiger partial charge in [-0.15, -0.1) is 0 Å². The van der Waals surface area contributed by atoms with Gasteiger partial charge in [0.2, 0.25) is 0 Å². The van der Waals surface area contributed by atoms with Crippen LogP contribution in [0.1, 0.15) is 32.6 Å². The van der Waals surface area contributed by atoms with Crippen molar-refractivity contribution >= 4 is 5.97 Å². The van der Waals surface area contributed by atoms with E-state index in [1.807, 2.05) is 6.08 Å². The zero-order chi connectivity index (χ0) is 11.1. The van der Waals surface area contributed by atoms with Crippen LogP contribution in [-0.2, 0) is 4.79 Å². The van der Waals surface area contributed by atoms with Gasteiger partial charge in [0.25, 0.3) is 0 Å². The van der Waals surface area contributed by atoms with E-state index in [1.165, 1.54) is 25.9 Å². The average molecular weight is 211 g/mol. The highest BCUT2D eigenvalue weighted by Gasteiger charge is 2.16. The molecule has 3 nitrogen and oxygen atoms in total. The molecule has 86 valence electrons. The lowest BCUT2D eigenvalue weighted by Crippen LogP contribution is -2.34. The van der Waals surface area contributed by atoms with Crippen LogP contribution in [0.15, 0.2) is 12.2 Å². The fraction of sp³-hybridized carbons (Fsp3) is 0.750. The van der Waals surface area contributed by atoms with Gasteiger partial charge in [0, 0.05) is 6.54 Å². The Hall–Kier alpha value is -0.830. The molecule has 0 aliphatic carbocycles. The molecule has 1 rings (SSSR count). The minimum Gasteiger partial charge on any atom is -0.481 e. The summed E-state index contributed by atoms with van der Waals surface area (Å²) in [5, 5.41) is 8.47. The summed E-state index contributed by atoms with van der Waals surface area (Å²) < 4.78 is 0. The molecule has 1 aliphatic rings. The van der Waals surface area contributed by atoms with Gasteiger partial charge >= 0.3 is 5.97 Å². The van der Waals surface area contributed by atoms with Crippen LogP contribution in [0.3, 0.4) is 0 Å². The molecular formula is C12H21NO2. The van der Waals surface area contributed by atoms with Crippen LogP contribution in [0, 0.1) is 5.92 Å². The molecule has 1 saturated heterocycles. The molecule has 1 N–H and O–H groups in total. The summed E-state index contributed by atoms with van der Waals surface area (Å²) >= 11 is 0. The Bertz CT molecular complexity index is 226. The minimum absolute atomic E-state index is 0.157. The summed E-state index contributed by atoms with van der Waals surface area (Å²) in [4.78, 5) is 12.8. The third-order valence-electron chi connectivity index (χ3n) is 2.98. The number of allylic oxidation sites excluding steroid dienone is 1. The molecule has 1 atom stereocenters. The number of nitrogens with zero attached hydrogens (tertiary/aromatic N) is 1. The third kappa shape index (κ3) is 4.98. The van der Waals surface area contributed by atoms with Crippen molar-refractivity contribution < 1.29 is 9.90 Å². The standard InChI is InChI=1S/C12H21NO2/c1-2-13-9-5-7-11(10-13)6-3-4-8-12(14)15/h3-4,11H,2,5-10H2,1H3,(H,14,15)/b4-3-. The Morgan fingerprint density at radius 2 is 2.33 bits per heavy atom. The van der Waals surface area contributed by atoms with Gasteiger partial charge in [-0.1, -0.05) is 19.1 Å². The van der Waals surface area contributed by atoms with Crippen LogP contribution in [0.4, 0.5) is 0 Å². The second-order valence-electron chi connectivity index (χ2n) is 4.21. The Morgan fingerprint density at radius 1 is 1.53 bits per heavy atom. The number of carboxylic acid groups (broad SMARTS) is 1. The lowest BCUT2D eigenvalue weighted by molar-refractivity contribution is -0.136. The van der Waals surface area contributed by atoms with Gasteiger partial charge in [-0.2, -0.15) is 0 Å². The molecule has 0 bridgehead atoms. The van der Waals surface area contributed by atoms with E-state index in [1.54, 1.807) is 6.08 Å². The predicted molar refractivity (Wildman–Crippen MR) is 60.8 cm³/mol. The molecule has 15 heavy (non-hydrogen) atoms. The zero-order valence-corrected chi connectivity index (χ0v) is 9.48. The fourth-order valence-electron chi connectivity index (χ4n) is 2.10. The molecule has 0 amide bonds. The SMILES string of the molecule is CCN1CCCC(C/C=C\CC(=O)O)C1. The van der Waals surface area contributed by atoms with Crippen molar-refractivity contribution in [3.63, 3.8) is 0 Å². The highest BCUT2D eigenvalue weighted by molar-refractivity contribution is 5.68. The maximum Gasteiger partial charge on any atom is 0.307 e. The van der Waals surface area contributed by atoms with Gasteiger partial charge in [0.05, 0.1) is 6.42 Å². The largest absolute Gasteiger partial charge is 0.481 e. The Kier molecular flexibility index (Phi) is 5.40. The molecule has 1 heterocycles. The molecule has 0 aromatic rings. The maximum atomic E-state index is 10.3. The van der Waals surface area contributed by atoms with Crippen molar-refractivity contribution in [2.24, 2.45) is 5.92 Å². The summed E-state index contributed by atoms with van der Waals surface area (Å²) in [5.41, 5.74) is 0. The summed E-state index contributed by atoms with van der Waals surface area (Å²) in [7, 11) is 0. The van der Waals surface area contributed by atoms with E-state index in [0.717, 1.165) is 18.9 Å². The number of piperidine rings is 1. The van der Waals surface area contributed by atoms with Crippen molar-refractivity contribution in [3.8, 4) is 0 Å². The van der Waals surface area contributed by atoms with Gasteiger partial charge in [0.1, 0.15) is 0 Å². The molecule has 1 aliphatic heterocycles. The summed E-state index contributed by atoms with van der Waals surface area (Å²) in [5.74, 6) is -0.0196. The molecule has 0 aromatic heterocycles. The lowest BCUT2D eigenvalue weighted by atomic mass is 9.94. The normalized spacial score (nSPS) is 23.4. The molecule has 1 fully saturated rings. The Morgan fingerprint density at radius 3 is 3.00 bits per heavy atom. The molecular weight excluding hydrogens is 190 g/mol. The van der Waals surface area contributed by atoms with Crippen LogP contribution < -0.4 is 0 Å². The second kappa shape index (κ2) is 6.62. The molecule has 0 saturated carbocycles. The van der Waals surface area contributed by atoms with E-state index >= 15 is 0 Å². The van der Waals surface area contributed by atoms with E-state index in [9.17, 15) is 4.79 Å². The first-order valence-electron chi connectivity index (χ1n) is 5.81. The first-order chi connectivity index (χ1) is 7.22. The van der Waals surface area contributed by atoms with Crippen LogP contribution in [0.5, 0.6) is 0 Å². The zero-order valence-electron chi connectivity index (χ0n) is 9.48. The predicted octanol–water partition coefficient (Wildman–Crippen LogP) is 2.14. The fourth-order valence-corrected chi connectivity index (χ4v) is 2.10. The topological polar surface area (TPSA) is 40.5 Å². The maximum absolute atomic E-state index is 10.3. The van der Waals surface area contributed by atoms with Crippen LogP contribution in [-0.4, -0.2) is 35.6 Å². The average Bonchev–Trinajstić information content (AvgIpc) is 2.24. The van der Waals surface area contributed by atoms with Gasteiger partial charge in [0.15, 0.2) is 0 Å². The number of likely N-dealkylation sites (tertiary alicyclic amines) is 1. The number of carbonyl (C=O) groups is 1. The van der Waals surface area contributed by atoms with Crippen molar-refractivity contribution in [1.82, 2.24) is 4.90 Å². The summed E-state index contributed by atoms with van der Waals surface area (Å²) in [6.45, 7) is 5.73. The first-order valence-corrected chi connectivity index (χ1v) is 5.81. The molecule has 0 aromatic carbocycles. The summed E-state index contributed by atoms with van der Waals surface area (Å²) in [6, 6.07) is 0. The third-order valence-corrected chi connectivity index (χ3v) is 2.98. The highest BCUT2D eigenvalue weighted by Crippen LogP contribution is 2.19. The van der Waals surface area contributed by atoms with Gasteiger partial charge < -0.3 is 10.0 Å². The van der Waals surface area contributed by atoms with E-state index in [-0.39, 0.29) is 6.42 Å². The number of hydrogen-bond donors (Lipinski definition) is 1. The van der Waals surface area contributed by atoms with Crippen molar-refractivity contribution in [3.05, 3.63) is 12.2 Å². The van der Waals surface area contributed by atoms with E-state index in [4.69, 9.17) is 5.11 Å². The number of rotatable bonds is 5. The highest BCUT2D eigenvalue weighted by atomic mass is 16.4. The monoisotopic (exact) mass is 211 g/mol. The lowest BCUT2D eigenvalue weighted by Gasteiger charge is -2.31. The van der Waals surface area contributed by atoms with E-state index in [0.29, 0.717) is 0 Å². The number of aliphatic carboxylic acids is 1. The smallest absolute Gasteiger partial charge is 0.307 e. The van der Waals surface area contributed by atoms with Crippen LogP contribution in [0.2, 0.25) is 0 Å². The van der Waals surface area contributed by atoms with E-state index in [2.05, 4.69) is 11.8 Å². The minimum atomic E-state index is -0.745. The van der Waals surface area contributed by atoms with E-state index < -0.39 is 5.97 Å². The Balaban J connectivity index is 2.20. The molecule has 0 radical (unpaired) electrons. The summed E-state index contributed by atoms with van der Waals surface area (Å²) in [6.07, 6.45) is 7.55. The van der Waals surface area contributed by atoms with Crippen LogP contribution in [0.25, 0.3) is 0 Å². The number of hydrogen-bond acceptors (Lipinski definition) is 2. The molecule has 0 spiro atoms. The van der Waals surface area contributed by atoms with Gasteiger partial charge in [-0.3, -0.25) is 4.79 Å².